The van der Waals surface area contributed by atoms with Gasteiger partial charge < -0.3 is 14.7 Å². The van der Waals surface area contributed by atoms with Crippen molar-refractivity contribution in [2.24, 2.45) is 5.16 Å². The second-order valence-electron chi connectivity index (χ2n) is 2.76. The van der Waals surface area contributed by atoms with Crippen LogP contribution in [0.3, 0.4) is 0 Å². The van der Waals surface area contributed by atoms with Crippen LogP contribution in [0.4, 0.5) is 0 Å². The van der Waals surface area contributed by atoms with Crippen LogP contribution in [-0.4, -0.2) is 25.6 Å². The Morgan fingerprint density at radius 2 is 2.00 bits per heavy atom. The molecule has 0 spiro atoms. The fourth-order valence-corrected chi connectivity index (χ4v) is 1.35. The summed E-state index contributed by atoms with van der Waals surface area (Å²) in [5.41, 5.74) is 1.60. The summed E-state index contributed by atoms with van der Waals surface area (Å²) in [5, 5.41) is 11.4. The number of nitrogens with zero attached hydrogens (tertiary/aromatic N) is 1. The van der Waals surface area contributed by atoms with Gasteiger partial charge in [0.2, 0.25) is 0 Å². The first-order valence-electron chi connectivity index (χ1n) is 4.13. The molecule has 1 aromatic carbocycles. The predicted molar refractivity (Wildman–Crippen MR) is 53.7 cm³/mol. The first-order chi connectivity index (χ1) is 6.74. The van der Waals surface area contributed by atoms with Crippen LogP contribution in [0.5, 0.6) is 11.5 Å². The zero-order valence-electron chi connectivity index (χ0n) is 8.44. The molecule has 0 aliphatic rings. The van der Waals surface area contributed by atoms with Gasteiger partial charge in [0, 0.05) is 11.1 Å². The average molecular weight is 195 g/mol. The molecular weight excluding hydrogens is 182 g/mol. The van der Waals surface area contributed by atoms with Gasteiger partial charge in [-0.2, -0.15) is 0 Å². The molecule has 0 aliphatic carbocycles. The molecule has 0 radical (unpaired) electrons. The van der Waals surface area contributed by atoms with Crippen LogP contribution in [0.15, 0.2) is 17.3 Å². The summed E-state index contributed by atoms with van der Waals surface area (Å²) in [6.45, 7) is 1.88. The van der Waals surface area contributed by atoms with E-state index in [0.29, 0.717) is 11.3 Å². The van der Waals surface area contributed by atoms with Crippen molar-refractivity contribution < 1.29 is 14.7 Å². The molecule has 1 aromatic rings. The van der Waals surface area contributed by atoms with Gasteiger partial charge in [-0.1, -0.05) is 5.16 Å². The summed E-state index contributed by atoms with van der Waals surface area (Å²) in [5.74, 6) is 1.40. The lowest BCUT2D eigenvalue weighted by atomic mass is 10.1. The molecule has 4 nitrogen and oxygen atoms in total. The van der Waals surface area contributed by atoms with E-state index >= 15 is 0 Å². The summed E-state index contributed by atoms with van der Waals surface area (Å²) in [6.07, 6.45) is 1.32. The third kappa shape index (κ3) is 1.79. The zero-order valence-corrected chi connectivity index (χ0v) is 8.44. The standard InChI is InChI=1S/C10H13NO3/c1-7-9(13-2)5-4-8(6-11-12)10(7)14-3/h4-6,12H,1-3H3/b11-6+. The fraction of sp³-hybridized carbons (Fsp3) is 0.300. The minimum absolute atomic E-state index is 0.655. The molecule has 1 N–H and O–H groups in total. The molecule has 0 saturated carbocycles. The number of rotatable bonds is 3. The zero-order chi connectivity index (χ0) is 10.6. The Bertz CT molecular complexity index is 347. The number of methoxy groups -OCH3 is 2. The second kappa shape index (κ2) is 4.50. The van der Waals surface area contributed by atoms with Gasteiger partial charge in [-0.05, 0) is 19.1 Å². The number of hydrogen-bond acceptors (Lipinski definition) is 4. The van der Waals surface area contributed by atoms with Crippen molar-refractivity contribution in [3.8, 4) is 11.5 Å². The van der Waals surface area contributed by atoms with Crippen molar-refractivity contribution in [1.82, 2.24) is 0 Å². The van der Waals surface area contributed by atoms with Crippen LogP contribution in [0, 0.1) is 6.92 Å². The lowest BCUT2D eigenvalue weighted by Gasteiger charge is -2.11. The van der Waals surface area contributed by atoms with Gasteiger partial charge in [-0.15, -0.1) is 0 Å². The van der Waals surface area contributed by atoms with Crippen molar-refractivity contribution in [2.45, 2.75) is 6.92 Å². The normalized spacial score (nSPS) is 10.5. The molecule has 0 aromatic heterocycles. The van der Waals surface area contributed by atoms with E-state index in [4.69, 9.17) is 14.7 Å². The molecule has 0 saturated heterocycles. The summed E-state index contributed by atoms with van der Waals surface area (Å²) in [6, 6.07) is 3.57. The van der Waals surface area contributed by atoms with Gasteiger partial charge in [0.1, 0.15) is 11.5 Å². The summed E-state index contributed by atoms with van der Waals surface area (Å²) < 4.78 is 10.3. The third-order valence-corrected chi connectivity index (χ3v) is 2.01. The first-order valence-corrected chi connectivity index (χ1v) is 4.13. The van der Waals surface area contributed by atoms with Crippen LogP contribution in [0.1, 0.15) is 11.1 Å². The Kier molecular flexibility index (Phi) is 3.34. The summed E-state index contributed by atoms with van der Waals surface area (Å²) in [4.78, 5) is 0. The SMILES string of the molecule is COc1ccc(/C=N/O)c(OC)c1C. The second-order valence-corrected chi connectivity index (χ2v) is 2.76. The molecule has 76 valence electrons. The van der Waals surface area contributed by atoms with Crippen molar-refractivity contribution in [3.63, 3.8) is 0 Å². The van der Waals surface area contributed by atoms with Gasteiger partial charge in [0.25, 0.3) is 0 Å². The molecule has 0 amide bonds. The Morgan fingerprint density at radius 1 is 1.29 bits per heavy atom. The molecule has 4 heteroatoms. The van der Waals surface area contributed by atoms with Gasteiger partial charge >= 0.3 is 0 Å². The summed E-state index contributed by atoms with van der Waals surface area (Å²) in [7, 11) is 3.16. The highest BCUT2D eigenvalue weighted by molar-refractivity contribution is 5.84. The van der Waals surface area contributed by atoms with Crippen LogP contribution < -0.4 is 9.47 Å². The highest BCUT2D eigenvalue weighted by atomic mass is 16.5. The van der Waals surface area contributed by atoms with Gasteiger partial charge in [0.05, 0.1) is 20.4 Å². The minimum atomic E-state index is 0.655. The highest BCUT2D eigenvalue weighted by Gasteiger charge is 2.09. The Hall–Kier alpha value is -1.71. The topological polar surface area (TPSA) is 51.0 Å². The minimum Gasteiger partial charge on any atom is -0.496 e. The fourth-order valence-electron chi connectivity index (χ4n) is 1.35. The lowest BCUT2D eigenvalue weighted by Crippen LogP contribution is -1.96. The van der Waals surface area contributed by atoms with E-state index in [2.05, 4.69) is 5.16 Å². The van der Waals surface area contributed by atoms with E-state index in [0.717, 1.165) is 11.3 Å². The van der Waals surface area contributed by atoms with Gasteiger partial charge in [-0.3, -0.25) is 0 Å². The quantitative estimate of drug-likeness (QED) is 0.454. The molecule has 0 aliphatic heterocycles. The molecule has 0 fully saturated rings. The van der Waals surface area contributed by atoms with Crippen LogP contribution in [-0.2, 0) is 0 Å². The Morgan fingerprint density at radius 3 is 2.50 bits per heavy atom. The first kappa shape index (κ1) is 10.4. The average Bonchev–Trinajstić information content (AvgIpc) is 2.19. The van der Waals surface area contributed by atoms with E-state index in [1.807, 2.05) is 6.92 Å². The van der Waals surface area contributed by atoms with Crippen LogP contribution >= 0.6 is 0 Å². The Labute approximate surface area is 82.8 Å². The number of ether oxygens (including phenoxy) is 2. The molecule has 14 heavy (non-hydrogen) atoms. The number of benzene rings is 1. The lowest BCUT2D eigenvalue weighted by molar-refractivity contribution is 0.321. The van der Waals surface area contributed by atoms with Crippen LogP contribution in [0.25, 0.3) is 0 Å². The molecule has 0 heterocycles. The maximum absolute atomic E-state index is 8.44. The molecular formula is C10H13NO3. The van der Waals surface area contributed by atoms with E-state index in [1.54, 1.807) is 26.4 Å². The maximum Gasteiger partial charge on any atom is 0.134 e. The smallest absolute Gasteiger partial charge is 0.134 e. The molecule has 0 unspecified atom stereocenters. The van der Waals surface area contributed by atoms with Crippen LogP contribution in [0.2, 0.25) is 0 Å². The maximum atomic E-state index is 8.44. The van der Waals surface area contributed by atoms with Crippen molar-refractivity contribution in [2.75, 3.05) is 14.2 Å². The predicted octanol–water partition coefficient (Wildman–Crippen LogP) is 1.82. The largest absolute Gasteiger partial charge is 0.496 e. The van der Waals surface area contributed by atoms with E-state index < -0.39 is 0 Å². The van der Waals surface area contributed by atoms with E-state index in [1.165, 1.54) is 6.21 Å². The van der Waals surface area contributed by atoms with E-state index in [9.17, 15) is 0 Å². The number of oxime groups is 1. The Balaban J connectivity index is 3.28. The monoisotopic (exact) mass is 195 g/mol. The molecule has 0 bridgehead atoms. The van der Waals surface area contributed by atoms with E-state index in [-0.39, 0.29) is 0 Å². The van der Waals surface area contributed by atoms with Gasteiger partial charge in [0.15, 0.2) is 0 Å². The number of hydrogen-bond donors (Lipinski definition) is 1. The van der Waals surface area contributed by atoms with Crippen molar-refractivity contribution in [1.29, 1.82) is 0 Å². The third-order valence-electron chi connectivity index (χ3n) is 2.01. The summed E-state index contributed by atoms with van der Waals surface area (Å²) >= 11 is 0. The molecule has 1 rings (SSSR count). The van der Waals surface area contributed by atoms with Crippen molar-refractivity contribution >= 4 is 6.21 Å². The van der Waals surface area contributed by atoms with Gasteiger partial charge in [-0.25, -0.2) is 0 Å². The molecule has 0 atom stereocenters. The van der Waals surface area contributed by atoms with Crippen molar-refractivity contribution in [3.05, 3.63) is 23.3 Å². The highest BCUT2D eigenvalue weighted by Crippen LogP contribution is 2.30.